The molecule has 0 bridgehead atoms. The van der Waals surface area contributed by atoms with E-state index in [-0.39, 0.29) is 27.9 Å². The smallest absolute Gasteiger partial charge is 0.311 e. The summed E-state index contributed by atoms with van der Waals surface area (Å²) in [5.41, 5.74) is 1.17. The minimum absolute atomic E-state index is 0.103. The average Bonchev–Trinajstić information content (AvgIpc) is 3.30. The van der Waals surface area contributed by atoms with Crippen LogP contribution in [0.15, 0.2) is 42.7 Å². The number of thiophene rings is 1. The highest BCUT2D eigenvalue weighted by atomic mass is 35.5. The molecule has 0 fully saturated rings. The lowest BCUT2D eigenvalue weighted by atomic mass is 10.0. The summed E-state index contributed by atoms with van der Waals surface area (Å²) in [5.74, 6) is 0.624. The molecule has 0 radical (unpaired) electrons. The first-order chi connectivity index (χ1) is 18.2. The van der Waals surface area contributed by atoms with Gasteiger partial charge in [0.25, 0.3) is 0 Å². The first kappa shape index (κ1) is 31.2. The zero-order chi connectivity index (χ0) is 29.0. The monoisotopic (exact) mass is 611 g/mol. The standard InChI is InChI=1S/C28H35Cl2NO6SSi/c1-28(2,3)39(6,7)36-17-20-10-9-19(38-20)13-27(32)37-25(14-21-22(29)15-31(33)16-23(21)30)18-8-11-24(34-4)26(12-18)35-5/h8-12,15-16,25H,13-14,17H2,1-7H3/t25-/m0/s1. The van der Waals surface area contributed by atoms with Gasteiger partial charge >= 0.3 is 5.97 Å². The van der Waals surface area contributed by atoms with Crippen LogP contribution >= 0.6 is 34.5 Å². The van der Waals surface area contributed by atoms with E-state index < -0.39 is 20.4 Å². The highest BCUT2D eigenvalue weighted by Gasteiger charge is 2.37. The SMILES string of the molecule is COc1ccc([C@H](Cc2c(Cl)c[n+]([O-])cc2Cl)OC(=O)Cc2ccc(CO[Si](C)(C)C(C)(C)C)s2)cc1OC. The Labute approximate surface area is 245 Å². The Bertz CT molecular complexity index is 1280. The predicted octanol–water partition coefficient (Wildman–Crippen LogP) is 7.30. The fourth-order valence-corrected chi connectivity index (χ4v) is 6.17. The van der Waals surface area contributed by atoms with E-state index in [1.165, 1.54) is 30.8 Å². The Kier molecular flexibility index (Phi) is 10.3. The van der Waals surface area contributed by atoms with E-state index in [0.717, 1.165) is 9.75 Å². The summed E-state index contributed by atoms with van der Waals surface area (Å²) in [6, 6.07) is 9.20. The van der Waals surface area contributed by atoms with Crippen LogP contribution in [0.4, 0.5) is 0 Å². The number of rotatable bonds is 11. The molecule has 3 aromatic rings. The van der Waals surface area contributed by atoms with Gasteiger partial charge in [0.05, 0.1) is 27.2 Å². The molecule has 0 saturated carbocycles. The highest BCUT2D eigenvalue weighted by Crippen LogP contribution is 2.38. The van der Waals surface area contributed by atoms with Crippen molar-refractivity contribution in [2.45, 2.75) is 64.5 Å². The van der Waals surface area contributed by atoms with Crippen LogP contribution in [0.2, 0.25) is 28.2 Å². The van der Waals surface area contributed by atoms with Crippen LogP contribution in [0, 0.1) is 5.21 Å². The van der Waals surface area contributed by atoms with Gasteiger partial charge < -0.3 is 23.8 Å². The predicted molar refractivity (Wildman–Crippen MR) is 158 cm³/mol. The van der Waals surface area contributed by atoms with Crippen LogP contribution in [0.5, 0.6) is 11.5 Å². The third kappa shape index (κ3) is 8.11. The van der Waals surface area contributed by atoms with Gasteiger partial charge in [-0.1, -0.05) is 50.0 Å². The Morgan fingerprint density at radius 1 is 1.03 bits per heavy atom. The number of hydrogen-bond donors (Lipinski definition) is 0. The molecule has 0 spiro atoms. The first-order valence-electron chi connectivity index (χ1n) is 12.4. The van der Waals surface area contributed by atoms with Crippen molar-refractivity contribution >= 4 is 48.8 Å². The Balaban J connectivity index is 1.79. The van der Waals surface area contributed by atoms with Gasteiger partial charge in [0.15, 0.2) is 32.2 Å². The van der Waals surface area contributed by atoms with Crippen molar-refractivity contribution in [3.63, 3.8) is 0 Å². The molecule has 0 aliphatic rings. The number of nitrogens with zero attached hydrogens (tertiary/aromatic N) is 1. The molecule has 11 heteroatoms. The van der Waals surface area contributed by atoms with Gasteiger partial charge in [0, 0.05) is 21.7 Å². The summed E-state index contributed by atoms with van der Waals surface area (Å²) >= 11 is 14.2. The van der Waals surface area contributed by atoms with Crippen molar-refractivity contribution in [2.24, 2.45) is 0 Å². The lowest BCUT2D eigenvalue weighted by Crippen LogP contribution is -2.40. The Morgan fingerprint density at radius 3 is 2.23 bits per heavy atom. The molecule has 0 aliphatic heterocycles. The number of aromatic nitrogens is 1. The quantitative estimate of drug-likeness (QED) is 0.0979. The maximum atomic E-state index is 13.1. The molecule has 2 aromatic heterocycles. The third-order valence-electron chi connectivity index (χ3n) is 6.92. The summed E-state index contributed by atoms with van der Waals surface area (Å²) < 4.78 is 23.6. The fourth-order valence-electron chi connectivity index (χ4n) is 3.60. The van der Waals surface area contributed by atoms with Gasteiger partial charge in [0.2, 0.25) is 0 Å². The summed E-state index contributed by atoms with van der Waals surface area (Å²) in [6.45, 7) is 11.6. The zero-order valence-electron chi connectivity index (χ0n) is 23.3. The van der Waals surface area contributed by atoms with Crippen molar-refractivity contribution in [1.29, 1.82) is 0 Å². The fraction of sp³-hybridized carbons (Fsp3) is 0.429. The van der Waals surface area contributed by atoms with Crippen LogP contribution in [0.1, 0.15) is 47.8 Å². The average molecular weight is 613 g/mol. The van der Waals surface area contributed by atoms with E-state index in [2.05, 4.69) is 33.9 Å². The van der Waals surface area contributed by atoms with E-state index in [1.54, 1.807) is 25.3 Å². The van der Waals surface area contributed by atoms with Crippen molar-refractivity contribution in [1.82, 2.24) is 0 Å². The number of esters is 1. The van der Waals surface area contributed by atoms with Crippen LogP contribution in [-0.4, -0.2) is 28.5 Å². The largest absolute Gasteiger partial charge is 0.619 e. The lowest BCUT2D eigenvalue weighted by molar-refractivity contribution is -0.605. The van der Waals surface area contributed by atoms with Gasteiger partial charge in [-0.25, -0.2) is 0 Å². The molecule has 3 rings (SSSR count). The number of benzene rings is 1. The van der Waals surface area contributed by atoms with Crippen LogP contribution < -0.4 is 14.2 Å². The zero-order valence-corrected chi connectivity index (χ0v) is 26.6. The lowest BCUT2D eigenvalue weighted by Gasteiger charge is -2.36. The number of ether oxygens (including phenoxy) is 3. The van der Waals surface area contributed by atoms with E-state index in [4.69, 9.17) is 41.8 Å². The van der Waals surface area contributed by atoms with Gasteiger partial charge in [-0.2, -0.15) is 4.73 Å². The van der Waals surface area contributed by atoms with E-state index >= 15 is 0 Å². The molecule has 0 aliphatic carbocycles. The summed E-state index contributed by atoms with van der Waals surface area (Å²) in [4.78, 5) is 15.1. The van der Waals surface area contributed by atoms with Crippen LogP contribution in [0.25, 0.3) is 0 Å². The molecule has 0 unspecified atom stereocenters. The first-order valence-corrected chi connectivity index (χ1v) is 16.9. The number of carbonyl (C=O) groups is 1. The molecular formula is C28H35Cl2NO6SSi. The maximum Gasteiger partial charge on any atom is 0.311 e. The molecular weight excluding hydrogens is 577 g/mol. The van der Waals surface area contributed by atoms with Gasteiger partial charge in [0.1, 0.15) is 16.1 Å². The number of methoxy groups -OCH3 is 2. The molecule has 0 amide bonds. The second-order valence-corrected chi connectivity index (χ2v) is 17.6. The van der Waals surface area contributed by atoms with Gasteiger partial charge in [-0.15, -0.1) is 11.3 Å². The minimum Gasteiger partial charge on any atom is -0.619 e. The second-order valence-electron chi connectivity index (χ2n) is 10.7. The highest BCUT2D eigenvalue weighted by molar-refractivity contribution is 7.12. The van der Waals surface area contributed by atoms with Gasteiger partial charge in [-0.05, 0) is 48.0 Å². The molecule has 0 N–H and O–H groups in total. The molecule has 7 nitrogen and oxygen atoms in total. The number of halogens is 2. The topological polar surface area (TPSA) is 80.9 Å². The van der Waals surface area contributed by atoms with Crippen molar-refractivity contribution < 1.29 is 28.2 Å². The molecule has 0 saturated heterocycles. The van der Waals surface area contributed by atoms with Crippen molar-refractivity contribution in [3.8, 4) is 11.5 Å². The number of pyridine rings is 1. The third-order valence-corrected chi connectivity index (χ3v) is 13.1. The van der Waals surface area contributed by atoms with E-state index in [1.807, 2.05) is 12.1 Å². The van der Waals surface area contributed by atoms with Crippen LogP contribution in [-0.2, 0) is 33.4 Å². The molecule has 2 heterocycles. The Morgan fingerprint density at radius 2 is 1.64 bits per heavy atom. The summed E-state index contributed by atoms with van der Waals surface area (Å²) in [7, 11) is 1.20. The second kappa shape index (κ2) is 12.9. The van der Waals surface area contributed by atoms with E-state index in [0.29, 0.717) is 34.0 Å². The normalized spacial score (nSPS) is 12.7. The van der Waals surface area contributed by atoms with Crippen LogP contribution in [0.3, 0.4) is 0 Å². The van der Waals surface area contributed by atoms with Crippen molar-refractivity contribution in [2.75, 3.05) is 14.2 Å². The molecule has 1 atom stereocenters. The van der Waals surface area contributed by atoms with Crippen molar-refractivity contribution in [3.05, 3.63) is 78.9 Å². The van der Waals surface area contributed by atoms with Gasteiger partial charge in [-0.3, -0.25) is 4.79 Å². The number of carbonyl (C=O) groups excluding carboxylic acids is 1. The maximum absolute atomic E-state index is 13.1. The summed E-state index contributed by atoms with van der Waals surface area (Å²) in [6.07, 6.45) is 1.96. The molecule has 212 valence electrons. The minimum atomic E-state index is -1.88. The van der Waals surface area contributed by atoms with E-state index in [9.17, 15) is 10.0 Å². The number of hydrogen-bond acceptors (Lipinski definition) is 7. The molecule has 39 heavy (non-hydrogen) atoms. The summed E-state index contributed by atoms with van der Waals surface area (Å²) in [5, 5.41) is 12.2. The molecule has 1 aromatic carbocycles. The Hall–Kier alpha value is -2.30.